The van der Waals surface area contributed by atoms with E-state index in [9.17, 15) is 5.11 Å². The van der Waals surface area contributed by atoms with Crippen LogP contribution in [0, 0.1) is 5.41 Å². The highest BCUT2D eigenvalue weighted by atomic mass is 16.3. The molecule has 1 aliphatic carbocycles. The first-order valence-corrected chi connectivity index (χ1v) is 6.08. The third-order valence-corrected chi connectivity index (χ3v) is 3.76. The molecular formula is C12H24N2O. The van der Waals surface area contributed by atoms with Gasteiger partial charge in [-0.1, -0.05) is 0 Å². The summed E-state index contributed by atoms with van der Waals surface area (Å²) in [4.78, 5) is 0. The smallest absolute Gasteiger partial charge is 0.122 e. The van der Waals surface area contributed by atoms with Crippen molar-refractivity contribution in [2.45, 2.75) is 51.2 Å². The van der Waals surface area contributed by atoms with E-state index in [1.54, 1.807) is 5.31 Å². The lowest BCUT2D eigenvalue weighted by atomic mass is 9.68. The quantitative estimate of drug-likeness (QED) is 0.652. The Morgan fingerprint density at radius 2 is 2.07 bits per heavy atom. The molecule has 0 aromatic heterocycles. The summed E-state index contributed by atoms with van der Waals surface area (Å²) in [5.41, 5.74) is -0.141. The topological polar surface area (TPSA) is 44.3 Å². The lowest BCUT2D eigenvalue weighted by Crippen LogP contribution is -2.56. The molecule has 0 aromatic rings. The average molecular weight is 213 g/mol. The molecule has 0 aromatic carbocycles. The Hall–Kier alpha value is -0.120. The number of nitrogens with one attached hydrogen (secondary N) is 2. The van der Waals surface area contributed by atoms with Crippen molar-refractivity contribution in [2.75, 3.05) is 19.6 Å². The average Bonchev–Trinajstić information content (AvgIpc) is 2.14. The van der Waals surface area contributed by atoms with Crippen LogP contribution in [-0.4, -0.2) is 36.4 Å². The Morgan fingerprint density at radius 1 is 1.47 bits per heavy atom. The molecule has 2 rings (SSSR count). The fourth-order valence-electron chi connectivity index (χ4n) is 2.57. The molecule has 88 valence electrons. The molecule has 0 amide bonds. The maximum atomic E-state index is 9.65. The zero-order chi connectivity index (χ0) is 11.8. The highest BCUT2D eigenvalue weighted by Gasteiger charge is 2.39. The summed E-state index contributed by atoms with van der Waals surface area (Å²) in [6, 6.07) is 0.567. The van der Waals surface area contributed by atoms with Crippen LogP contribution in [0.3, 0.4) is 0 Å². The second-order valence-electron chi connectivity index (χ2n) is 6.01. The molecule has 1 aliphatic heterocycles. The molecule has 15 heavy (non-hydrogen) atoms. The third kappa shape index (κ3) is 2.92. The maximum absolute atomic E-state index is 9.65. The Labute approximate surface area is 94.1 Å². The van der Waals surface area contributed by atoms with Crippen LogP contribution in [0.2, 0.25) is 1.41 Å². The fourth-order valence-corrected chi connectivity index (χ4v) is 2.57. The Morgan fingerprint density at radius 3 is 2.53 bits per heavy atom. The minimum absolute atomic E-state index is 0.467. The molecule has 2 fully saturated rings. The van der Waals surface area contributed by atoms with Crippen molar-refractivity contribution in [1.82, 2.24) is 10.6 Å². The lowest BCUT2D eigenvalue weighted by molar-refractivity contribution is 0.0599. The minimum Gasteiger partial charge on any atom is -0.389 e. The van der Waals surface area contributed by atoms with Crippen molar-refractivity contribution < 1.29 is 6.52 Å². The highest BCUT2D eigenvalue weighted by Crippen LogP contribution is 2.39. The first-order valence-electron chi connectivity index (χ1n) is 6.53. The third-order valence-electron chi connectivity index (χ3n) is 3.76. The molecule has 1 heterocycles. The van der Waals surface area contributed by atoms with E-state index in [0.29, 0.717) is 18.0 Å². The standard InChI is InChI=1S/C12H24N2O/c1-11(2,15)7-14-10-3-5-12(6-4-10)8-13-9-12/h10,13-15H,3-9H2,1-2H3/i/hD. The SMILES string of the molecule is [2H]N1CC2(CCC(NCC(C)(C)O)CC2)C1. The summed E-state index contributed by atoms with van der Waals surface area (Å²) in [7, 11) is 0. The second-order valence-corrected chi connectivity index (χ2v) is 6.01. The van der Waals surface area contributed by atoms with Gasteiger partial charge in [0, 0.05) is 25.7 Å². The molecule has 3 nitrogen and oxygen atoms in total. The molecule has 0 atom stereocenters. The number of hydrogen-bond acceptors (Lipinski definition) is 3. The molecule has 3 heteroatoms. The molecule has 1 saturated heterocycles. The highest BCUT2D eigenvalue weighted by molar-refractivity contribution is 4.97. The maximum Gasteiger partial charge on any atom is 0.122 e. The minimum atomic E-state index is -0.608. The molecule has 0 unspecified atom stereocenters. The zero-order valence-corrected chi connectivity index (χ0v) is 9.92. The van der Waals surface area contributed by atoms with E-state index in [1.807, 2.05) is 13.8 Å². The van der Waals surface area contributed by atoms with Crippen molar-refractivity contribution >= 4 is 0 Å². The van der Waals surface area contributed by atoms with E-state index in [2.05, 4.69) is 5.32 Å². The van der Waals surface area contributed by atoms with Crippen molar-refractivity contribution in [3.63, 3.8) is 0 Å². The Bertz CT molecular complexity index is 236. The fraction of sp³-hybridized carbons (Fsp3) is 1.00. The van der Waals surface area contributed by atoms with E-state index in [0.717, 1.165) is 13.1 Å². The van der Waals surface area contributed by atoms with Gasteiger partial charge in [-0.3, -0.25) is 0 Å². The predicted octanol–water partition coefficient (Wildman–Crippen LogP) is 0.879. The Kier molecular flexibility index (Phi) is 2.71. The first-order chi connectivity index (χ1) is 7.39. The van der Waals surface area contributed by atoms with Gasteiger partial charge in [-0.15, -0.1) is 0 Å². The molecule has 3 N–H and O–H groups in total. The molecule has 1 spiro atoms. The molecule has 1 saturated carbocycles. The number of rotatable bonds is 3. The summed E-state index contributed by atoms with van der Waals surface area (Å²) < 4.78 is 7.47. The van der Waals surface area contributed by atoms with Gasteiger partial charge in [0.25, 0.3) is 0 Å². The largest absolute Gasteiger partial charge is 0.389 e. The van der Waals surface area contributed by atoms with Crippen LogP contribution in [0.15, 0.2) is 0 Å². The van der Waals surface area contributed by atoms with Gasteiger partial charge in [-0.25, -0.2) is 0 Å². The van der Waals surface area contributed by atoms with Gasteiger partial charge in [0.2, 0.25) is 0 Å². The van der Waals surface area contributed by atoms with Crippen LogP contribution in [0.25, 0.3) is 0 Å². The van der Waals surface area contributed by atoms with Gasteiger partial charge in [0.1, 0.15) is 1.41 Å². The lowest BCUT2D eigenvalue weighted by Gasteiger charge is -2.47. The van der Waals surface area contributed by atoms with Gasteiger partial charge in [0.05, 0.1) is 5.60 Å². The van der Waals surface area contributed by atoms with E-state index in [1.165, 1.54) is 25.7 Å². The van der Waals surface area contributed by atoms with Gasteiger partial charge in [0.15, 0.2) is 0 Å². The van der Waals surface area contributed by atoms with Gasteiger partial charge in [-0.05, 0) is 44.9 Å². The van der Waals surface area contributed by atoms with E-state index in [4.69, 9.17) is 1.41 Å². The van der Waals surface area contributed by atoms with Crippen molar-refractivity contribution in [1.29, 1.82) is 0 Å². The monoisotopic (exact) mass is 213 g/mol. The summed E-state index contributed by atoms with van der Waals surface area (Å²) in [5.74, 6) is 0. The zero-order valence-electron chi connectivity index (χ0n) is 10.9. The van der Waals surface area contributed by atoms with Crippen LogP contribution >= 0.6 is 0 Å². The van der Waals surface area contributed by atoms with E-state index in [-0.39, 0.29) is 0 Å². The normalized spacial score (nSPS) is 28.9. The molecule has 0 bridgehead atoms. The van der Waals surface area contributed by atoms with Crippen LogP contribution in [-0.2, 0) is 0 Å². The van der Waals surface area contributed by atoms with Crippen LogP contribution < -0.4 is 10.6 Å². The number of hydrogen-bond donors (Lipinski definition) is 3. The van der Waals surface area contributed by atoms with Crippen molar-refractivity contribution in [2.24, 2.45) is 5.41 Å². The van der Waals surface area contributed by atoms with E-state index < -0.39 is 5.60 Å². The Balaban J connectivity index is 1.70. The second kappa shape index (κ2) is 4.04. The van der Waals surface area contributed by atoms with Crippen molar-refractivity contribution in [3.8, 4) is 0 Å². The van der Waals surface area contributed by atoms with Gasteiger partial charge < -0.3 is 15.7 Å². The summed E-state index contributed by atoms with van der Waals surface area (Å²) in [6.07, 6.45) is 4.88. The summed E-state index contributed by atoms with van der Waals surface area (Å²) in [5, 5.41) is 14.8. The van der Waals surface area contributed by atoms with Crippen molar-refractivity contribution in [3.05, 3.63) is 0 Å². The molecule has 2 aliphatic rings. The van der Waals surface area contributed by atoms with Crippen LogP contribution in [0.1, 0.15) is 39.5 Å². The molecule has 0 radical (unpaired) electrons. The van der Waals surface area contributed by atoms with Crippen LogP contribution in [0.4, 0.5) is 0 Å². The van der Waals surface area contributed by atoms with E-state index >= 15 is 0 Å². The van der Waals surface area contributed by atoms with Gasteiger partial charge in [-0.2, -0.15) is 0 Å². The van der Waals surface area contributed by atoms with Crippen LogP contribution in [0.5, 0.6) is 0 Å². The number of aliphatic hydroxyl groups is 1. The first kappa shape index (κ1) is 10.1. The summed E-state index contributed by atoms with van der Waals surface area (Å²) >= 11 is 0. The molecular weight excluding hydrogens is 188 g/mol. The van der Waals surface area contributed by atoms with Gasteiger partial charge >= 0.3 is 0 Å². The summed E-state index contributed by atoms with van der Waals surface area (Å²) in [6.45, 7) is 6.29. The predicted molar refractivity (Wildman–Crippen MR) is 61.9 cm³/mol.